The molecule has 4 aliphatic heterocycles. The van der Waals surface area contributed by atoms with Gasteiger partial charge in [-0.3, -0.25) is 19.2 Å². The summed E-state index contributed by atoms with van der Waals surface area (Å²) in [6, 6.07) is 7.05. The third-order valence-electron chi connectivity index (χ3n) is 10.4. The summed E-state index contributed by atoms with van der Waals surface area (Å²) < 4.78 is 12.8. The van der Waals surface area contributed by atoms with Crippen LogP contribution in [0.1, 0.15) is 76.9 Å². The molecule has 3 amide bonds. The second-order valence-corrected chi connectivity index (χ2v) is 13.1. The summed E-state index contributed by atoms with van der Waals surface area (Å²) in [6.07, 6.45) is 12.0. The first-order valence-electron chi connectivity index (χ1n) is 16.6. The van der Waals surface area contributed by atoms with Gasteiger partial charge in [0.25, 0.3) is 0 Å². The molecule has 10 nitrogen and oxygen atoms in total. The van der Waals surface area contributed by atoms with Crippen LogP contribution in [0.25, 0.3) is 0 Å². The minimum absolute atomic E-state index is 0.00119. The number of esters is 1. The second kappa shape index (κ2) is 13.1. The standard InChI is InChI=1S/C35H45N3O7/c1-3-24(21-39)38-31-33(42)37(25-15-9-5-10-16-25)20-12-6-11-17-27(40)36-22(2)30(23-13-7-4-8-14-23)44-34(43)28-26-18-19-35(31,45-26)29(28)32(38)41/h4,6-8,12-14,18-19,22,24-26,28-31,39H,3,5,9-11,15-17,20-21H2,1-2H3,(H,36,40)/b12-6-/t22-,24+,26+,28-,29-,30+,31+,35-/m1/s1. The number of likely N-dealkylation sites (tertiary alicyclic amines) is 1. The first-order chi connectivity index (χ1) is 21.8. The van der Waals surface area contributed by atoms with E-state index in [0.29, 0.717) is 24.9 Å². The van der Waals surface area contributed by atoms with Gasteiger partial charge in [0.15, 0.2) is 0 Å². The number of allylic oxidation sites excluding steroid dienone is 1. The third kappa shape index (κ3) is 5.60. The normalized spacial score (nSPS) is 35.7. The fourth-order valence-electron chi connectivity index (χ4n) is 8.16. The Hall–Kier alpha value is -3.50. The average molecular weight is 620 g/mol. The van der Waals surface area contributed by atoms with E-state index in [9.17, 15) is 24.3 Å². The molecule has 6 rings (SSSR count). The van der Waals surface area contributed by atoms with E-state index in [4.69, 9.17) is 9.47 Å². The molecule has 5 aliphatic rings. The molecule has 8 atom stereocenters. The van der Waals surface area contributed by atoms with Crippen molar-refractivity contribution < 1.29 is 33.8 Å². The van der Waals surface area contributed by atoms with Crippen LogP contribution in [-0.2, 0) is 28.7 Å². The lowest BCUT2D eigenvalue weighted by Crippen LogP contribution is -2.60. The molecule has 1 spiro atoms. The van der Waals surface area contributed by atoms with Crippen molar-refractivity contribution in [2.24, 2.45) is 11.8 Å². The van der Waals surface area contributed by atoms with Crippen molar-refractivity contribution in [3.63, 3.8) is 0 Å². The highest BCUT2D eigenvalue weighted by Crippen LogP contribution is 2.56. The summed E-state index contributed by atoms with van der Waals surface area (Å²) in [5, 5.41) is 13.4. The van der Waals surface area contributed by atoms with Crippen LogP contribution < -0.4 is 5.32 Å². The van der Waals surface area contributed by atoms with Gasteiger partial charge in [0.1, 0.15) is 23.7 Å². The fraction of sp³-hybridized carbons (Fsp3) is 0.600. The van der Waals surface area contributed by atoms with Gasteiger partial charge in [0.2, 0.25) is 17.7 Å². The minimum Gasteiger partial charge on any atom is -0.455 e. The largest absolute Gasteiger partial charge is 0.455 e. The van der Waals surface area contributed by atoms with Gasteiger partial charge in [0, 0.05) is 19.0 Å². The molecule has 4 heterocycles. The number of nitrogens with one attached hydrogen (secondary N) is 1. The van der Waals surface area contributed by atoms with Crippen LogP contribution in [0.5, 0.6) is 0 Å². The number of aliphatic hydroxyl groups excluding tert-OH is 1. The van der Waals surface area contributed by atoms with Gasteiger partial charge < -0.3 is 29.7 Å². The van der Waals surface area contributed by atoms with Crippen LogP contribution in [-0.4, -0.2) is 87.6 Å². The van der Waals surface area contributed by atoms with E-state index in [1.165, 1.54) is 4.90 Å². The number of amides is 3. The van der Waals surface area contributed by atoms with Crippen LogP contribution in [0, 0.1) is 11.8 Å². The van der Waals surface area contributed by atoms with Crippen molar-refractivity contribution in [2.75, 3.05) is 13.2 Å². The number of nitrogens with zero attached hydrogens (tertiary/aromatic N) is 2. The van der Waals surface area contributed by atoms with E-state index >= 15 is 0 Å². The Morgan fingerprint density at radius 1 is 1.04 bits per heavy atom. The number of hydrogen-bond donors (Lipinski definition) is 2. The summed E-state index contributed by atoms with van der Waals surface area (Å²) in [7, 11) is 0. The molecule has 242 valence electrons. The number of aliphatic hydroxyl groups is 1. The monoisotopic (exact) mass is 619 g/mol. The predicted octanol–water partition coefficient (Wildman–Crippen LogP) is 3.21. The molecule has 1 saturated carbocycles. The Kier molecular flexibility index (Phi) is 9.15. The number of hydrogen-bond acceptors (Lipinski definition) is 7. The first kappa shape index (κ1) is 31.5. The zero-order valence-corrected chi connectivity index (χ0v) is 26.2. The Morgan fingerprint density at radius 3 is 2.51 bits per heavy atom. The molecule has 0 radical (unpaired) electrons. The lowest BCUT2D eigenvalue weighted by atomic mass is 9.74. The molecule has 0 unspecified atom stereocenters. The molecular formula is C35H45N3O7. The Morgan fingerprint density at radius 2 is 1.80 bits per heavy atom. The minimum atomic E-state index is -1.35. The molecular weight excluding hydrogens is 574 g/mol. The topological polar surface area (TPSA) is 125 Å². The SMILES string of the molecule is CC[C@@H](CO)N1C(=O)[C@H]2[C@@H]3C(=O)O[C@H](c4ccccc4)[C@@H](C)NC(=O)CC/C=C\CN(C4CCCCC4)C(=O)[C@H]1[C@@]21C=C[C@@H]3O1. The molecule has 10 heteroatoms. The Bertz CT molecular complexity index is 1340. The molecule has 45 heavy (non-hydrogen) atoms. The zero-order valence-electron chi connectivity index (χ0n) is 26.2. The van der Waals surface area contributed by atoms with Gasteiger partial charge in [-0.25, -0.2) is 0 Å². The van der Waals surface area contributed by atoms with E-state index in [1.807, 2.05) is 54.3 Å². The number of carbonyl (C=O) groups excluding carboxylic acids is 4. The maximum atomic E-state index is 14.8. The molecule has 3 fully saturated rings. The quantitative estimate of drug-likeness (QED) is 0.383. The van der Waals surface area contributed by atoms with Crippen LogP contribution >= 0.6 is 0 Å². The Labute approximate surface area is 264 Å². The van der Waals surface area contributed by atoms with Gasteiger partial charge in [-0.15, -0.1) is 0 Å². The van der Waals surface area contributed by atoms with E-state index in [1.54, 1.807) is 19.1 Å². The Balaban J connectivity index is 1.43. The van der Waals surface area contributed by atoms with Gasteiger partial charge >= 0.3 is 5.97 Å². The molecule has 1 aromatic rings. The predicted molar refractivity (Wildman–Crippen MR) is 165 cm³/mol. The van der Waals surface area contributed by atoms with Crippen molar-refractivity contribution in [2.45, 2.75) is 107 Å². The van der Waals surface area contributed by atoms with E-state index in [0.717, 1.165) is 32.1 Å². The molecule has 2 N–H and O–H groups in total. The van der Waals surface area contributed by atoms with Crippen LogP contribution in [0.15, 0.2) is 54.6 Å². The van der Waals surface area contributed by atoms with Gasteiger partial charge in [-0.2, -0.15) is 0 Å². The molecule has 1 aliphatic carbocycles. The summed E-state index contributed by atoms with van der Waals surface area (Å²) >= 11 is 0. The third-order valence-corrected chi connectivity index (χ3v) is 10.4. The summed E-state index contributed by atoms with van der Waals surface area (Å²) in [5.74, 6) is -3.34. The van der Waals surface area contributed by atoms with E-state index in [-0.39, 0.29) is 36.8 Å². The number of benzene rings is 1. The maximum Gasteiger partial charge on any atom is 0.313 e. The van der Waals surface area contributed by atoms with Gasteiger partial charge in [-0.05, 0) is 38.2 Å². The number of fused-ring (bicyclic) bond motifs is 2. The molecule has 5 bridgehead atoms. The molecule has 0 aromatic heterocycles. The van der Waals surface area contributed by atoms with E-state index < -0.39 is 53.7 Å². The van der Waals surface area contributed by atoms with Crippen molar-refractivity contribution >= 4 is 23.7 Å². The van der Waals surface area contributed by atoms with Crippen LogP contribution in [0.4, 0.5) is 0 Å². The number of ether oxygens (including phenoxy) is 2. The maximum absolute atomic E-state index is 14.8. The number of rotatable bonds is 5. The van der Waals surface area contributed by atoms with Crippen molar-refractivity contribution in [3.05, 3.63) is 60.2 Å². The van der Waals surface area contributed by atoms with E-state index in [2.05, 4.69) is 5.32 Å². The molecule has 2 saturated heterocycles. The zero-order chi connectivity index (χ0) is 31.7. The first-order valence-corrected chi connectivity index (χ1v) is 16.6. The van der Waals surface area contributed by atoms with Crippen LogP contribution in [0.2, 0.25) is 0 Å². The highest BCUT2D eigenvalue weighted by Gasteiger charge is 2.74. The van der Waals surface area contributed by atoms with Crippen LogP contribution in [0.3, 0.4) is 0 Å². The fourth-order valence-corrected chi connectivity index (χ4v) is 8.16. The van der Waals surface area contributed by atoms with Crippen molar-refractivity contribution in [3.8, 4) is 0 Å². The average Bonchev–Trinajstić information content (AvgIpc) is 3.70. The highest BCUT2D eigenvalue weighted by molar-refractivity contribution is 5.99. The smallest absolute Gasteiger partial charge is 0.313 e. The highest BCUT2D eigenvalue weighted by atomic mass is 16.6. The lowest BCUT2D eigenvalue weighted by Gasteiger charge is -2.41. The lowest BCUT2D eigenvalue weighted by molar-refractivity contribution is -0.162. The van der Waals surface area contributed by atoms with Gasteiger partial charge in [-0.1, -0.05) is 80.8 Å². The number of cyclic esters (lactones) is 1. The van der Waals surface area contributed by atoms with Crippen molar-refractivity contribution in [1.29, 1.82) is 0 Å². The summed E-state index contributed by atoms with van der Waals surface area (Å²) in [5.41, 5.74) is -0.634. The molecule has 1 aromatic carbocycles. The summed E-state index contributed by atoms with van der Waals surface area (Å²) in [6.45, 7) is 3.71. The van der Waals surface area contributed by atoms with Crippen molar-refractivity contribution in [1.82, 2.24) is 15.1 Å². The van der Waals surface area contributed by atoms with Gasteiger partial charge in [0.05, 0.1) is 30.7 Å². The second-order valence-electron chi connectivity index (χ2n) is 13.1. The number of carbonyl (C=O) groups is 4. The summed E-state index contributed by atoms with van der Waals surface area (Å²) in [4.78, 5) is 59.8.